The van der Waals surface area contributed by atoms with Gasteiger partial charge in [-0.05, 0) is 19.1 Å². The van der Waals surface area contributed by atoms with Gasteiger partial charge in [-0.1, -0.05) is 0 Å². The molecule has 41 heavy (non-hydrogen) atoms. The Balaban J connectivity index is 0.000000745. The second kappa shape index (κ2) is 12.1. The average Bonchev–Trinajstić information content (AvgIpc) is 2.86. The smallest absolute Gasteiger partial charge is 0.480 e. The number of carboxylic acid groups (broad SMARTS) is 1. The first-order chi connectivity index (χ1) is 18.7. The molecule has 1 aliphatic rings. The van der Waals surface area contributed by atoms with Gasteiger partial charge in [-0.2, -0.15) is 26.3 Å². The molecule has 2 aromatic heterocycles. The quantitative estimate of drug-likeness (QED) is 0.423. The first-order valence-corrected chi connectivity index (χ1v) is 12.4. The number of halogens is 7. The van der Waals surface area contributed by atoms with Gasteiger partial charge in [-0.3, -0.25) is 9.10 Å². The van der Waals surface area contributed by atoms with Gasteiger partial charge in [0.1, 0.15) is 45.0 Å². The van der Waals surface area contributed by atoms with Gasteiger partial charge in [0.05, 0.1) is 25.3 Å². The van der Waals surface area contributed by atoms with Crippen molar-refractivity contribution in [3.8, 4) is 5.88 Å². The summed E-state index contributed by atoms with van der Waals surface area (Å²) in [5.74, 6) is -5.35. The number of carbonyl (C=O) groups is 2. The van der Waals surface area contributed by atoms with Gasteiger partial charge < -0.3 is 20.9 Å². The number of carbonyl (C=O) groups excluding carboxylic acids is 1. The summed E-state index contributed by atoms with van der Waals surface area (Å²) in [4.78, 5) is 37.2. The van der Waals surface area contributed by atoms with Crippen molar-refractivity contribution >= 4 is 33.6 Å². The Hall–Kier alpha value is -4.30. The highest BCUT2D eigenvalue weighted by atomic mass is 32.2. The standard InChI is InChI=1S/C18H20F4N8O3S.C2HF3O2/c1-17(9-34(32,26-8-18(20,21)22)30(2)16(23)29-17)14-10(19)4-5-12(27-14)28-15(31)11-6-25-13(33-3)7-24-11;3-2(4,5)1(6)7/h4-7H,8-9H2,1-3H3,(H2,23,29)(H,27,28,31);(H,6,7)/t17-,34?;/m0./s1. The van der Waals surface area contributed by atoms with Crippen molar-refractivity contribution in [1.82, 2.24) is 19.3 Å². The molecule has 0 radical (unpaired) electrons. The van der Waals surface area contributed by atoms with Crippen molar-refractivity contribution in [2.24, 2.45) is 15.1 Å². The number of ether oxygens (including phenoxy) is 1. The summed E-state index contributed by atoms with van der Waals surface area (Å²) >= 11 is 0. The number of rotatable bonds is 5. The third kappa shape index (κ3) is 8.59. The van der Waals surface area contributed by atoms with Gasteiger partial charge in [-0.25, -0.2) is 37.7 Å². The van der Waals surface area contributed by atoms with Gasteiger partial charge in [0.2, 0.25) is 11.8 Å². The van der Waals surface area contributed by atoms with Crippen molar-refractivity contribution < 1.29 is 54.4 Å². The van der Waals surface area contributed by atoms with E-state index >= 15 is 0 Å². The van der Waals surface area contributed by atoms with Crippen LogP contribution < -0.4 is 15.8 Å². The summed E-state index contributed by atoms with van der Waals surface area (Å²) in [5.41, 5.74) is 3.56. The van der Waals surface area contributed by atoms with Crippen molar-refractivity contribution in [2.75, 3.05) is 31.8 Å². The summed E-state index contributed by atoms with van der Waals surface area (Å²) in [6.07, 6.45) is -7.42. The Labute approximate surface area is 227 Å². The fourth-order valence-corrected chi connectivity index (χ4v) is 5.07. The van der Waals surface area contributed by atoms with Crippen molar-refractivity contribution in [3.63, 3.8) is 0 Å². The number of guanidine groups is 1. The molecule has 0 saturated carbocycles. The maximum absolute atomic E-state index is 14.8. The van der Waals surface area contributed by atoms with E-state index in [4.69, 9.17) is 20.4 Å². The SMILES string of the molecule is COc1cnc(C(=O)Nc2ccc(F)c([C@]3(C)CS(=O)(=NCC(F)(F)F)N(C)C(N)=N3)n2)cn1.O=C(O)C(F)(F)F. The van der Waals surface area contributed by atoms with Crippen LogP contribution in [-0.2, 0) is 20.2 Å². The van der Waals surface area contributed by atoms with Crippen molar-refractivity contribution in [2.45, 2.75) is 24.8 Å². The molecular formula is C20H21F7N8O5S. The van der Waals surface area contributed by atoms with Gasteiger partial charge in [0, 0.05) is 7.05 Å². The number of hydrogen-bond donors (Lipinski definition) is 3. The molecular weight excluding hydrogens is 597 g/mol. The molecule has 0 saturated heterocycles. The van der Waals surface area contributed by atoms with Crippen LogP contribution in [0.5, 0.6) is 5.88 Å². The maximum atomic E-state index is 14.8. The molecule has 0 bridgehead atoms. The minimum Gasteiger partial charge on any atom is -0.480 e. The lowest BCUT2D eigenvalue weighted by atomic mass is 10.00. The van der Waals surface area contributed by atoms with Crippen LogP contribution in [0, 0.1) is 5.82 Å². The Bertz CT molecular complexity index is 1440. The van der Waals surface area contributed by atoms with Gasteiger partial charge in [0.25, 0.3) is 5.91 Å². The van der Waals surface area contributed by atoms with Crippen LogP contribution in [-0.4, -0.2) is 85.2 Å². The average molecular weight is 618 g/mol. The number of carboxylic acids is 1. The van der Waals surface area contributed by atoms with Crippen LogP contribution in [0.4, 0.5) is 36.6 Å². The highest BCUT2D eigenvalue weighted by Gasteiger charge is 2.43. The molecule has 21 heteroatoms. The van der Waals surface area contributed by atoms with Crippen LogP contribution in [0.2, 0.25) is 0 Å². The molecule has 0 spiro atoms. The number of nitrogens with two attached hydrogens (primary N) is 1. The normalized spacial score (nSPS) is 20.7. The van der Waals surface area contributed by atoms with Crippen molar-refractivity contribution in [1.29, 1.82) is 0 Å². The van der Waals surface area contributed by atoms with E-state index in [0.717, 1.165) is 22.6 Å². The van der Waals surface area contributed by atoms with Crippen LogP contribution in [0.3, 0.4) is 0 Å². The molecule has 2 aromatic rings. The molecule has 1 aliphatic heterocycles. The fourth-order valence-electron chi connectivity index (χ4n) is 3.00. The summed E-state index contributed by atoms with van der Waals surface area (Å²) in [5, 5.41) is 9.54. The zero-order valence-corrected chi connectivity index (χ0v) is 21.9. The molecule has 1 unspecified atom stereocenters. The number of hydrogen-bond acceptors (Lipinski definition) is 10. The third-order valence-corrected chi connectivity index (χ3v) is 7.45. The zero-order chi connectivity index (χ0) is 31.4. The number of alkyl halides is 6. The number of aliphatic imine (C=N–C) groups is 1. The first-order valence-electron chi connectivity index (χ1n) is 10.7. The highest BCUT2D eigenvalue weighted by molar-refractivity contribution is 7.92. The summed E-state index contributed by atoms with van der Waals surface area (Å²) < 4.78 is 107. The van der Waals surface area contributed by atoms with E-state index in [1.54, 1.807) is 0 Å². The maximum Gasteiger partial charge on any atom is 0.490 e. The molecule has 0 aromatic carbocycles. The number of aliphatic carboxylic acids is 1. The topological polar surface area (TPSA) is 185 Å². The summed E-state index contributed by atoms with van der Waals surface area (Å²) in [6, 6.07) is 2.13. The monoisotopic (exact) mass is 618 g/mol. The third-order valence-electron chi connectivity index (χ3n) is 4.94. The lowest BCUT2D eigenvalue weighted by molar-refractivity contribution is -0.192. The van der Waals surface area contributed by atoms with Gasteiger partial charge in [-0.15, -0.1) is 0 Å². The molecule has 0 aliphatic carbocycles. The van der Waals surface area contributed by atoms with Gasteiger partial charge >= 0.3 is 18.3 Å². The summed E-state index contributed by atoms with van der Waals surface area (Å²) in [7, 11) is -1.20. The Morgan fingerprint density at radius 3 is 2.32 bits per heavy atom. The molecule has 4 N–H and O–H groups in total. The van der Waals surface area contributed by atoms with E-state index in [1.807, 2.05) is 0 Å². The largest absolute Gasteiger partial charge is 0.490 e. The number of nitrogens with one attached hydrogen (secondary N) is 1. The predicted molar refractivity (Wildman–Crippen MR) is 128 cm³/mol. The number of methoxy groups -OCH3 is 1. The Morgan fingerprint density at radius 1 is 1.22 bits per heavy atom. The second-order valence-electron chi connectivity index (χ2n) is 8.12. The van der Waals surface area contributed by atoms with Gasteiger partial charge in [0.15, 0.2) is 0 Å². The number of nitrogens with zero attached hydrogens (tertiary/aromatic N) is 6. The number of anilines is 1. The summed E-state index contributed by atoms with van der Waals surface area (Å²) in [6.45, 7) is -0.379. The highest BCUT2D eigenvalue weighted by Crippen LogP contribution is 2.34. The van der Waals surface area contributed by atoms with E-state index < -0.39 is 69.5 Å². The van der Waals surface area contributed by atoms with E-state index in [9.17, 15) is 39.7 Å². The molecule has 3 rings (SSSR count). The molecule has 2 atom stereocenters. The second-order valence-corrected chi connectivity index (χ2v) is 10.4. The molecule has 226 valence electrons. The lowest BCUT2D eigenvalue weighted by Gasteiger charge is -2.36. The van der Waals surface area contributed by atoms with E-state index in [-0.39, 0.29) is 17.4 Å². The van der Waals surface area contributed by atoms with Crippen LogP contribution in [0.25, 0.3) is 0 Å². The molecule has 3 heterocycles. The predicted octanol–water partition coefficient (Wildman–Crippen LogP) is 2.33. The zero-order valence-electron chi connectivity index (χ0n) is 21.1. The van der Waals surface area contributed by atoms with Crippen molar-refractivity contribution in [3.05, 3.63) is 41.7 Å². The fraction of sp³-hybridized carbons (Fsp3) is 0.400. The minimum absolute atomic E-state index is 0.0878. The molecule has 1 amide bonds. The van der Waals surface area contributed by atoms with Crippen LogP contribution >= 0.6 is 0 Å². The number of amides is 1. The molecule has 13 nitrogen and oxygen atoms in total. The molecule has 0 fully saturated rings. The minimum atomic E-state index is -5.08. The number of pyridine rings is 1. The van der Waals surface area contributed by atoms with Crippen LogP contribution in [0.1, 0.15) is 23.1 Å². The van der Waals surface area contributed by atoms with E-state index in [0.29, 0.717) is 0 Å². The van der Waals surface area contributed by atoms with Crippen LogP contribution in [0.15, 0.2) is 33.9 Å². The Morgan fingerprint density at radius 2 is 1.83 bits per heavy atom. The lowest BCUT2D eigenvalue weighted by Crippen LogP contribution is -2.51. The van der Waals surface area contributed by atoms with E-state index in [1.165, 1.54) is 27.3 Å². The Kier molecular flexibility index (Phi) is 9.68. The van der Waals surface area contributed by atoms with E-state index in [2.05, 4.69) is 29.6 Å². The first kappa shape index (κ1) is 32.9. The number of aromatic nitrogens is 3.